The monoisotopic (exact) mass is 150 g/mol. The van der Waals surface area contributed by atoms with Crippen molar-refractivity contribution in [1.82, 2.24) is 0 Å². The second-order valence-electron chi connectivity index (χ2n) is 2.57. The molecule has 1 atom stereocenters. The van der Waals surface area contributed by atoms with Gasteiger partial charge in [0.25, 0.3) is 8.41 Å². The lowest BCUT2D eigenvalue weighted by Crippen LogP contribution is -2.31. The maximum absolute atomic E-state index is 13.0. The van der Waals surface area contributed by atoms with Crippen molar-refractivity contribution in [3.8, 4) is 0 Å². The van der Waals surface area contributed by atoms with Gasteiger partial charge in [-0.2, -0.15) is 11.8 Å². The highest BCUT2D eigenvalue weighted by Crippen LogP contribution is 2.26. The van der Waals surface area contributed by atoms with E-state index >= 15 is 0 Å². The van der Waals surface area contributed by atoms with E-state index in [1.54, 1.807) is 11.8 Å². The molecule has 8 heavy (non-hydrogen) atoms. The standard InChI is InChI=1S/C5H11FSSi/c1-8(6)4-2-3-7-5-8/h2-5H2,1H3. The van der Waals surface area contributed by atoms with Crippen LogP contribution in [0.2, 0.25) is 12.6 Å². The molecular formula is C5H11FSSi. The Morgan fingerprint density at radius 2 is 2.38 bits per heavy atom. The molecule has 0 radical (unpaired) electrons. The Hall–Kier alpha value is 0.497. The van der Waals surface area contributed by atoms with Gasteiger partial charge in [-0.3, -0.25) is 0 Å². The summed E-state index contributed by atoms with van der Waals surface area (Å²) < 4.78 is 13.0. The second kappa shape index (κ2) is 2.39. The molecule has 48 valence electrons. The molecular weight excluding hydrogens is 139 g/mol. The first-order valence-corrected chi connectivity index (χ1v) is 6.92. The minimum atomic E-state index is -2.13. The minimum Gasteiger partial charge on any atom is -0.313 e. The summed E-state index contributed by atoms with van der Waals surface area (Å²) >= 11 is 1.79. The predicted molar refractivity (Wildman–Crippen MR) is 39.5 cm³/mol. The van der Waals surface area contributed by atoms with Crippen LogP contribution < -0.4 is 0 Å². The molecule has 0 amide bonds. The minimum absolute atomic E-state index is 0.840. The van der Waals surface area contributed by atoms with Crippen LogP contribution in [0.25, 0.3) is 0 Å². The van der Waals surface area contributed by atoms with Gasteiger partial charge >= 0.3 is 0 Å². The van der Waals surface area contributed by atoms with Gasteiger partial charge in [0.2, 0.25) is 0 Å². The van der Waals surface area contributed by atoms with E-state index in [2.05, 4.69) is 0 Å². The van der Waals surface area contributed by atoms with Gasteiger partial charge < -0.3 is 4.11 Å². The Morgan fingerprint density at radius 3 is 2.62 bits per heavy atom. The third kappa shape index (κ3) is 1.78. The van der Waals surface area contributed by atoms with Crippen molar-refractivity contribution < 1.29 is 4.11 Å². The van der Waals surface area contributed by atoms with Gasteiger partial charge in [0.05, 0.1) is 0 Å². The molecule has 1 heterocycles. The highest BCUT2D eigenvalue weighted by atomic mass is 32.2. The zero-order valence-electron chi connectivity index (χ0n) is 5.11. The summed E-state index contributed by atoms with van der Waals surface area (Å²) in [5.74, 6) is 1.19. The highest BCUT2D eigenvalue weighted by molar-refractivity contribution is 8.01. The molecule has 0 aromatic rings. The molecule has 1 unspecified atom stereocenters. The molecule has 0 bridgehead atoms. The number of hydrogen-bond acceptors (Lipinski definition) is 1. The zero-order chi connectivity index (χ0) is 6.04. The van der Waals surface area contributed by atoms with Gasteiger partial charge in [0, 0.05) is 5.38 Å². The van der Waals surface area contributed by atoms with E-state index in [1.807, 2.05) is 6.55 Å². The van der Waals surface area contributed by atoms with Crippen molar-refractivity contribution in [3.05, 3.63) is 0 Å². The SMILES string of the molecule is C[Si]1(F)CCCSC1. The zero-order valence-corrected chi connectivity index (χ0v) is 6.93. The van der Waals surface area contributed by atoms with E-state index in [4.69, 9.17) is 0 Å². The fourth-order valence-electron chi connectivity index (χ4n) is 0.900. The Balaban J connectivity index is 2.33. The van der Waals surface area contributed by atoms with E-state index in [-0.39, 0.29) is 0 Å². The van der Waals surface area contributed by atoms with Gasteiger partial charge in [-0.1, -0.05) is 0 Å². The van der Waals surface area contributed by atoms with E-state index in [9.17, 15) is 4.11 Å². The molecule has 1 aliphatic rings. The number of hydrogen-bond donors (Lipinski definition) is 0. The summed E-state index contributed by atoms with van der Waals surface area (Å²) in [6.07, 6.45) is 1.11. The van der Waals surface area contributed by atoms with Crippen molar-refractivity contribution in [2.45, 2.75) is 19.0 Å². The van der Waals surface area contributed by atoms with Gasteiger partial charge in [0.15, 0.2) is 0 Å². The van der Waals surface area contributed by atoms with Crippen LogP contribution in [0.4, 0.5) is 4.11 Å². The lowest BCUT2D eigenvalue weighted by Gasteiger charge is -2.20. The average Bonchev–Trinajstić information content (AvgIpc) is 1.65. The van der Waals surface area contributed by atoms with E-state index < -0.39 is 8.41 Å². The molecule has 1 fully saturated rings. The molecule has 0 spiro atoms. The first-order valence-electron chi connectivity index (χ1n) is 2.97. The van der Waals surface area contributed by atoms with Crippen molar-refractivity contribution in [2.24, 2.45) is 0 Å². The Labute approximate surface area is 55.0 Å². The lowest BCUT2D eigenvalue weighted by atomic mass is 10.6. The van der Waals surface area contributed by atoms with E-state index in [1.165, 1.54) is 5.75 Å². The van der Waals surface area contributed by atoms with Crippen LogP contribution in [0.3, 0.4) is 0 Å². The van der Waals surface area contributed by atoms with Crippen molar-refractivity contribution in [2.75, 3.05) is 11.1 Å². The van der Waals surface area contributed by atoms with Crippen LogP contribution in [-0.2, 0) is 0 Å². The fourth-order valence-corrected chi connectivity index (χ4v) is 5.28. The third-order valence-corrected chi connectivity index (χ3v) is 6.59. The van der Waals surface area contributed by atoms with Crippen LogP contribution in [0.15, 0.2) is 0 Å². The van der Waals surface area contributed by atoms with Crippen LogP contribution in [0.1, 0.15) is 6.42 Å². The molecule has 0 aliphatic carbocycles. The van der Waals surface area contributed by atoms with Gasteiger partial charge in [0.1, 0.15) is 0 Å². The summed E-state index contributed by atoms with van der Waals surface area (Å²) in [4.78, 5) is 0. The molecule has 3 heteroatoms. The predicted octanol–water partition coefficient (Wildman–Crippen LogP) is 2.21. The van der Waals surface area contributed by atoms with Crippen molar-refractivity contribution >= 4 is 20.2 Å². The Bertz CT molecular complexity index is 76.5. The molecule has 1 rings (SSSR count). The molecule has 0 aromatic heterocycles. The highest BCUT2D eigenvalue weighted by Gasteiger charge is 2.29. The van der Waals surface area contributed by atoms with Crippen molar-refractivity contribution in [1.29, 1.82) is 0 Å². The largest absolute Gasteiger partial charge is 0.313 e. The van der Waals surface area contributed by atoms with Crippen LogP contribution in [0.5, 0.6) is 0 Å². The number of thioether (sulfide) groups is 1. The maximum atomic E-state index is 13.0. The number of rotatable bonds is 0. The van der Waals surface area contributed by atoms with Gasteiger partial charge in [-0.15, -0.1) is 0 Å². The topological polar surface area (TPSA) is 0 Å². The third-order valence-electron chi connectivity index (χ3n) is 1.39. The quantitative estimate of drug-likeness (QED) is 0.377. The van der Waals surface area contributed by atoms with E-state index in [0.717, 1.165) is 17.8 Å². The molecule has 1 aliphatic heterocycles. The first-order chi connectivity index (χ1) is 3.71. The average molecular weight is 150 g/mol. The summed E-state index contributed by atoms with van der Waals surface area (Å²) in [5.41, 5.74) is 0. The van der Waals surface area contributed by atoms with E-state index in [0.29, 0.717) is 0 Å². The van der Waals surface area contributed by atoms with Crippen LogP contribution >= 0.6 is 11.8 Å². The molecule has 0 aromatic carbocycles. The summed E-state index contributed by atoms with van der Waals surface area (Å²) in [7, 11) is -2.13. The molecule has 0 N–H and O–H groups in total. The maximum Gasteiger partial charge on any atom is 0.253 e. The van der Waals surface area contributed by atoms with Gasteiger partial charge in [-0.05, 0) is 24.8 Å². The molecule has 1 saturated heterocycles. The number of halogens is 1. The summed E-state index contributed by atoms with van der Waals surface area (Å²) in [6, 6.07) is 0.903. The Morgan fingerprint density at radius 1 is 1.62 bits per heavy atom. The van der Waals surface area contributed by atoms with Crippen LogP contribution in [0, 0.1) is 0 Å². The van der Waals surface area contributed by atoms with Gasteiger partial charge in [-0.25, -0.2) is 0 Å². The van der Waals surface area contributed by atoms with Crippen LogP contribution in [-0.4, -0.2) is 19.5 Å². The normalized spacial score (nSPS) is 39.8. The summed E-state index contributed by atoms with van der Waals surface area (Å²) in [5, 5.41) is 0.840. The lowest BCUT2D eigenvalue weighted by molar-refractivity contribution is 0.768. The second-order valence-corrected chi connectivity index (χ2v) is 7.87. The first kappa shape index (κ1) is 6.61. The molecule has 0 saturated carbocycles. The van der Waals surface area contributed by atoms with Crippen molar-refractivity contribution in [3.63, 3.8) is 0 Å². The molecule has 0 nitrogen and oxygen atoms in total. The fraction of sp³-hybridized carbons (Fsp3) is 1.00. The smallest absolute Gasteiger partial charge is 0.253 e. The summed E-state index contributed by atoms with van der Waals surface area (Å²) in [6.45, 7) is 1.83. The Kier molecular flexibility index (Phi) is 1.98.